The van der Waals surface area contributed by atoms with E-state index in [1.807, 2.05) is 19.1 Å². The molecule has 7 nitrogen and oxygen atoms in total. The zero-order chi connectivity index (χ0) is 16.6. The molecule has 0 aromatic heterocycles. The Bertz CT molecular complexity index is 672. The highest BCUT2D eigenvalue weighted by Crippen LogP contribution is 2.33. The molecule has 7 heteroatoms. The first-order valence-corrected chi connectivity index (χ1v) is 7.54. The van der Waals surface area contributed by atoms with Crippen LogP contribution in [0.1, 0.15) is 18.9 Å². The van der Waals surface area contributed by atoms with Crippen molar-refractivity contribution >= 4 is 29.3 Å². The Hall–Kier alpha value is -2.57. The normalized spacial score (nSPS) is 19.8. The number of rotatable bonds is 4. The molecule has 1 aromatic rings. The second-order valence-corrected chi connectivity index (χ2v) is 5.54. The highest BCUT2D eigenvalue weighted by atomic mass is 16.6. The van der Waals surface area contributed by atoms with Crippen molar-refractivity contribution in [2.45, 2.75) is 25.9 Å². The molecule has 0 unspecified atom stereocenters. The van der Waals surface area contributed by atoms with E-state index in [9.17, 15) is 14.4 Å². The van der Waals surface area contributed by atoms with Crippen LogP contribution < -0.4 is 9.80 Å². The SMILES string of the molecule is CCCN1C(=O)Cc2cc(N3C[C@H](C(=O)OC)OC3=O)ccc21. The van der Waals surface area contributed by atoms with Gasteiger partial charge in [0.15, 0.2) is 0 Å². The number of anilines is 2. The lowest BCUT2D eigenvalue weighted by molar-refractivity contribution is -0.148. The van der Waals surface area contributed by atoms with Crippen LogP contribution in [0.5, 0.6) is 0 Å². The molecule has 1 atom stereocenters. The fourth-order valence-electron chi connectivity index (χ4n) is 2.93. The second-order valence-electron chi connectivity index (χ2n) is 5.54. The first kappa shape index (κ1) is 15.3. The van der Waals surface area contributed by atoms with Crippen LogP contribution in [0.15, 0.2) is 18.2 Å². The third-order valence-corrected chi connectivity index (χ3v) is 4.03. The summed E-state index contributed by atoms with van der Waals surface area (Å²) in [5.74, 6) is -0.512. The van der Waals surface area contributed by atoms with Crippen molar-refractivity contribution in [1.29, 1.82) is 0 Å². The number of hydrogen-bond acceptors (Lipinski definition) is 5. The number of hydrogen-bond donors (Lipinski definition) is 0. The number of cyclic esters (lactones) is 1. The molecule has 2 aliphatic rings. The second kappa shape index (κ2) is 5.91. The molecule has 2 heterocycles. The molecule has 0 N–H and O–H groups in total. The van der Waals surface area contributed by atoms with Crippen molar-refractivity contribution in [3.05, 3.63) is 23.8 Å². The Morgan fingerprint density at radius 1 is 1.39 bits per heavy atom. The molecule has 23 heavy (non-hydrogen) atoms. The summed E-state index contributed by atoms with van der Waals surface area (Å²) in [5, 5.41) is 0. The zero-order valence-corrected chi connectivity index (χ0v) is 13.1. The molecular formula is C16H18N2O5. The van der Waals surface area contributed by atoms with Crippen LogP contribution in [0, 0.1) is 0 Å². The van der Waals surface area contributed by atoms with Crippen LogP contribution in [0.25, 0.3) is 0 Å². The monoisotopic (exact) mass is 318 g/mol. The lowest BCUT2D eigenvalue weighted by Crippen LogP contribution is -2.28. The molecule has 0 saturated carbocycles. The van der Waals surface area contributed by atoms with E-state index in [0.717, 1.165) is 17.7 Å². The van der Waals surface area contributed by atoms with Gasteiger partial charge in [0.25, 0.3) is 0 Å². The quantitative estimate of drug-likeness (QED) is 0.786. The number of carbonyl (C=O) groups excluding carboxylic acids is 3. The average Bonchev–Trinajstić information content (AvgIpc) is 3.07. The Labute approximate surface area is 133 Å². The van der Waals surface area contributed by atoms with Gasteiger partial charge in [0, 0.05) is 17.9 Å². The van der Waals surface area contributed by atoms with Gasteiger partial charge in [-0.2, -0.15) is 0 Å². The number of methoxy groups -OCH3 is 1. The summed E-state index contributed by atoms with van der Waals surface area (Å²) in [5.41, 5.74) is 2.39. The maximum absolute atomic E-state index is 12.1. The van der Waals surface area contributed by atoms with E-state index in [4.69, 9.17) is 4.74 Å². The van der Waals surface area contributed by atoms with Crippen molar-refractivity contribution in [2.75, 3.05) is 30.0 Å². The zero-order valence-electron chi connectivity index (χ0n) is 13.1. The Kier molecular flexibility index (Phi) is 3.94. The Morgan fingerprint density at radius 2 is 2.17 bits per heavy atom. The van der Waals surface area contributed by atoms with E-state index in [2.05, 4.69) is 4.74 Å². The fourth-order valence-corrected chi connectivity index (χ4v) is 2.93. The molecule has 0 radical (unpaired) electrons. The number of amides is 2. The molecular weight excluding hydrogens is 300 g/mol. The minimum absolute atomic E-state index is 0.0652. The molecule has 122 valence electrons. The van der Waals surface area contributed by atoms with E-state index < -0.39 is 18.2 Å². The third kappa shape index (κ3) is 2.62. The predicted octanol–water partition coefficient (Wildman–Crippen LogP) is 1.48. The van der Waals surface area contributed by atoms with Gasteiger partial charge in [0.1, 0.15) is 0 Å². The van der Waals surface area contributed by atoms with Crippen molar-refractivity contribution < 1.29 is 23.9 Å². The maximum Gasteiger partial charge on any atom is 0.415 e. The highest BCUT2D eigenvalue weighted by molar-refractivity contribution is 6.02. The van der Waals surface area contributed by atoms with Crippen LogP contribution in [-0.2, 0) is 25.5 Å². The molecule has 1 saturated heterocycles. The third-order valence-electron chi connectivity index (χ3n) is 4.03. The van der Waals surface area contributed by atoms with Gasteiger partial charge in [0.05, 0.1) is 20.1 Å². The van der Waals surface area contributed by atoms with E-state index in [-0.39, 0.29) is 12.5 Å². The summed E-state index contributed by atoms with van der Waals surface area (Å²) in [6, 6.07) is 5.41. The molecule has 1 fully saturated rings. The summed E-state index contributed by atoms with van der Waals surface area (Å²) in [6.07, 6.45) is -0.298. The fraction of sp³-hybridized carbons (Fsp3) is 0.438. The largest absolute Gasteiger partial charge is 0.466 e. The predicted molar refractivity (Wildman–Crippen MR) is 82.4 cm³/mol. The van der Waals surface area contributed by atoms with Gasteiger partial charge in [-0.15, -0.1) is 0 Å². The topological polar surface area (TPSA) is 76.2 Å². The van der Waals surface area contributed by atoms with Crippen molar-refractivity contribution in [3.63, 3.8) is 0 Å². The number of carbonyl (C=O) groups is 3. The number of ether oxygens (including phenoxy) is 2. The van der Waals surface area contributed by atoms with Crippen LogP contribution in [0.4, 0.5) is 16.2 Å². The summed E-state index contributed by atoms with van der Waals surface area (Å²) in [6.45, 7) is 2.81. The van der Waals surface area contributed by atoms with Gasteiger partial charge in [-0.1, -0.05) is 6.92 Å². The van der Waals surface area contributed by atoms with E-state index >= 15 is 0 Å². The van der Waals surface area contributed by atoms with Crippen molar-refractivity contribution in [2.24, 2.45) is 0 Å². The van der Waals surface area contributed by atoms with Gasteiger partial charge in [-0.05, 0) is 30.2 Å². The molecule has 3 rings (SSSR count). The molecule has 0 bridgehead atoms. The molecule has 0 aliphatic carbocycles. The standard InChI is InChI=1S/C16H18N2O5/c1-3-6-17-12-5-4-11(7-10(12)8-14(17)19)18-9-13(15(20)22-2)23-16(18)21/h4-5,7,13H,3,6,8-9H2,1-2H3/t13-/m1/s1. The average molecular weight is 318 g/mol. The molecule has 1 aromatic carbocycles. The Morgan fingerprint density at radius 3 is 2.87 bits per heavy atom. The van der Waals surface area contributed by atoms with Gasteiger partial charge in [0.2, 0.25) is 12.0 Å². The summed E-state index contributed by atoms with van der Waals surface area (Å²) in [4.78, 5) is 38.7. The summed E-state index contributed by atoms with van der Waals surface area (Å²) < 4.78 is 9.62. The van der Waals surface area contributed by atoms with Gasteiger partial charge in [-0.25, -0.2) is 9.59 Å². The van der Waals surface area contributed by atoms with Crippen LogP contribution >= 0.6 is 0 Å². The lowest BCUT2D eigenvalue weighted by atomic mass is 10.1. The lowest BCUT2D eigenvalue weighted by Gasteiger charge is -2.18. The molecule has 2 amide bonds. The van der Waals surface area contributed by atoms with Crippen LogP contribution in [-0.4, -0.2) is 44.3 Å². The van der Waals surface area contributed by atoms with Crippen molar-refractivity contribution in [1.82, 2.24) is 0 Å². The number of fused-ring (bicyclic) bond motifs is 1. The number of nitrogens with zero attached hydrogens (tertiary/aromatic N) is 2. The summed E-state index contributed by atoms with van der Waals surface area (Å²) >= 11 is 0. The van der Waals surface area contributed by atoms with Crippen molar-refractivity contribution in [3.8, 4) is 0 Å². The van der Waals surface area contributed by atoms with E-state index in [0.29, 0.717) is 18.7 Å². The summed E-state index contributed by atoms with van der Waals surface area (Å²) in [7, 11) is 1.25. The van der Waals surface area contributed by atoms with E-state index in [1.165, 1.54) is 12.0 Å². The molecule has 0 spiro atoms. The van der Waals surface area contributed by atoms with Gasteiger partial charge < -0.3 is 14.4 Å². The minimum Gasteiger partial charge on any atom is -0.466 e. The van der Waals surface area contributed by atoms with E-state index in [1.54, 1.807) is 11.0 Å². The van der Waals surface area contributed by atoms with Crippen LogP contribution in [0.3, 0.4) is 0 Å². The minimum atomic E-state index is -0.918. The Balaban J connectivity index is 1.84. The maximum atomic E-state index is 12.1. The number of esters is 1. The first-order chi connectivity index (χ1) is 11.0. The van der Waals surface area contributed by atoms with Gasteiger partial charge in [-0.3, -0.25) is 9.69 Å². The number of benzene rings is 1. The smallest absolute Gasteiger partial charge is 0.415 e. The van der Waals surface area contributed by atoms with Gasteiger partial charge >= 0.3 is 12.1 Å². The highest BCUT2D eigenvalue weighted by Gasteiger charge is 2.38. The molecule has 2 aliphatic heterocycles. The van der Waals surface area contributed by atoms with Crippen LogP contribution in [0.2, 0.25) is 0 Å². The first-order valence-electron chi connectivity index (χ1n) is 7.54.